The molecule has 5 aliphatic rings. The minimum Gasteiger partial charge on any atom is -0.434 e. The van der Waals surface area contributed by atoms with Crippen LogP contribution in [0.25, 0.3) is 11.1 Å². The van der Waals surface area contributed by atoms with Gasteiger partial charge in [-0.3, -0.25) is 9.80 Å². The van der Waals surface area contributed by atoms with Crippen molar-refractivity contribution in [2.24, 2.45) is 17.3 Å². The van der Waals surface area contributed by atoms with E-state index < -0.39 is 6.17 Å². The van der Waals surface area contributed by atoms with E-state index in [1.165, 1.54) is 31.3 Å². The Hall–Kier alpha value is -3.31. The topological polar surface area (TPSA) is 83.4 Å². The SMILES string of the molecule is CC(C)[C@H](C1CC(N2CCC[C@@H](F)C2)C1)N1CC2(CCN(c3ncnnc3Oc3ccc(F)cc3-c3cncnc3C3CC3)C2)C1. The van der Waals surface area contributed by atoms with E-state index in [1.807, 2.05) is 0 Å². The number of rotatable bonds is 9. The van der Waals surface area contributed by atoms with Gasteiger partial charge in [-0.2, -0.15) is 0 Å². The van der Waals surface area contributed by atoms with E-state index in [0.717, 1.165) is 76.1 Å². The average Bonchev–Trinajstić information content (AvgIpc) is 3.77. The predicted molar refractivity (Wildman–Crippen MR) is 171 cm³/mol. The standard InChI is InChI=1S/C35H44F2N8O/c1-22(2)32(24-12-27(13-24)43-10-3-4-26(37)16-43)45-18-35(19-45)9-11-44(17-35)33-34(42-41-21-40-33)46-30-8-7-25(36)14-28(30)29-15-38-20-39-31(29)23-5-6-23/h7-8,14-15,20-24,26-27,32H,3-6,9-13,16-19H2,1-2H3/t24?,26-,27?,32-/m1/s1. The van der Waals surface area contributed by atoms with Crippen molar-refractivity contribution < 1.29 is 13.5 Å². The van der Waals surface area contributed by atoms with Crippen LogP contribution in [-0.2, 0) is 0 Å². The maximum absolute atomic E-state index is 14.5. The second-order valence-electron chi connectivity index (χ2n) is 14.9. The Kier molecular flexibility index (Phi) is 7.87. The van der Waals surface area contributed by atoms with Crippen molar-refractivity contribution in [3.05, 3.63) is 48.6 Å². The van der Waals surface area contributed by atoms with Crippen molar-refractivity contribution in [3.8, 4) is 22.8 Å². The molecule has 46 heavy (non-hydrogen) atoms. The monoisotopic (exact) mass is 630 g/mol. The van der Waals surface area contributed by atoms with Gasteiger partial charge in [-0.05, 0) is 81.5 Å². The molecule has 5 heterocycles. The van der Waals surface area contributed by atoms with Gasteiger partial charge in [-0.1, -0.05) is 13.8 Å². The van der Waals surface area contributed by atoms with E-state index in [2.05, 4.69) is 53.7 Å². The van der Waals surface area contributed by atoms with Gasteiger partial charge in [0.2, 0.25) is 0 Å². The van der Waals surface area contributed by atoms with Crippen LogP contribution in [0.1, 0.15) is 70.4 Å². The number of likely N-dealkylation sites (tertiary alicyclic amines) is 2. The van der Waals surface area contributed by atoms with E-state index in [0.29, 0.717) is 59.4 Å². The molecule has 11 heteroatoms. The number of hydrogen-bond donors (Lipinski definition) is 0. The fourth-order valence-electron chi connectivity index (χ4n) is 8.83. The van der Waals surface area contributed by atoms with Crippen LogP contribution in [0.2, 0.25) is 0 Å². The Labute approximate surface area is 269 Å². The molecule has 2 atom stereocenters. The van der Waals surface area contributed by atoms with Crippen LogP contribution in [0.5, 0.6) is 11.6 Å². The van der Waals surface area contributed by atoms with E-state index in [9.17, 15) is 8.78 Å². The van der Waals surface area contributed by atoms with Crippen LogP contribution in [0, 0.1) is 23.1 Å². The zero-order chi connectivity index (χ0) is 31.4. The summed E-state index contributed by atoms with van der Waals surface area (Å²) in [5, 5.41) is 8.41. The summed E-state index contributed by atoms with van der Waals surface area (Å²) in [5.41, 5.74) is 2.53. The highest BCUT2D eigenvalue weighted by molar-refractivity contribution is 5.73. The quantitative estimate of drug-likeness (QED) is 0.288. The smallest absolute Gasteiger partial charge is 0.282 e. The third-order valence-corrected chi connectivity index (χ3v) is 11.2. The fourth-order valence-corrected chi connectivity index (χ4v) is 8.83. The first-order valence-corrected chi connectivity index (χ1v) is 17.2. The zero-order valence-electron chi connectivity index (χ0n) is 26.9. The van der Waals surface area contributed by atoms with Gasteiger partial charge in [0.15, 0.2) is 5.82 Å². The minimum absolute atomic E-state index is 0.217. The molecule has 1 spiro atoms. The lowest BCUT2D eigenvalue weighted by atomic mass is 9.68. The minimum atomic E-state index is -0.651. The van der Waals surface area contributed by atoms with Gasteiger partial charge in [0.1, 0.15) is 30.4 Å². The van der Waals surface area contributed by atoms with Gasteiger partial charge >= 0.3 is 0 Å². The van der Waals surface area contributed by atoms with E-state index in [4.69, 9.17) is 4.74 Å². The maximum Gasteiger partial charge on any atom is 0.282 e. The summed E-state index contributed by atoms with van der Waals surface area (Å²) in [5.74, 6) is 2.76. The van der Waals surface area contributed by atoms with Gasteiger partial charge in [0.25, 0.3) is 5.88 Å². The van der Waals surface area contributed by atoms with Crippen LogP contribution in [0.4, 0.5) is 14.6 Å². The Morgan fingerprint density at radius 1 is 1.00 bits per heavy atom. The zero-order valence-corrected chi connectivity index (χ0v) is 26.9. The van der Waals surface area contributed by atoms with Gasteiger partial charge in [0.05, 0.1) is 5.69 Å². The summed E-state index contributed by atoms with van der Waals surface area (Å²) in [6.07, 6.45) is 11.4. The second kappa shape index (κ2) is 12.0. The van der Waals surface area contributed by atoms with Gasteiger partial charge in [-0.15, -0.1) is 10.2 Å². The van der Waals surface area contributed by atoms with Crippen molar-refractivity contribution in [2.45, 2.75) is 83.0 Å². The molecule has 0 radical (unpaired) electrons. The summed E-state index contributed by atoms with van der Waals surface area (Å²) in [6.45, 7) is 10.3. The molecular weight excluding hydrogens is 586 g/mol. The van der Waals surface area contributed by atoms with E-state index in [1.54, 1.807) is 18.6 Å². The molecule has 1 aromatic carbocycles. The normalized spacial score (nSPS) is 27.1. The molecule has 0 N–H and O–H groups in total. The summed E-state index contributed by atoms with van der Waals surface area (Å²) in [4.78, 5) is 20.8. The number of benzene rings is 1. The molecule has 3 aromatic rings. The number of hydrogen-bond acceptors (Lipinski definition) is 9. The molecule has 2 aromatic heterocycles. The highest BCUT2D eigenvalue weighted by atomic mass is 19.1. The van der Waals surface area contributed by atoms with Crippen molar-refractivity contribution in [1.29, 1.82) is 0 Å². The number of alkyl halides is 1. The molecule has 244 valence electrons. The molecule has 2 aliphatic carbocycles. The lowest BCUT2D eigenvalue weighted by molar-refractivity contribution is -0.0837. The molecule has 9 nitrogen and oxygen atoms in total. The molecular formula is C35H44F2N8O. The molecule has 0 bridgehead atoms. The third kappa shape index (κ3) is 5.74. The Bertz CT molecular complexity index is 1560. The summed E-state index contributed by atoms with van der Waals surface area (Å²) >= 11 is 0. The van der Waals surface area contributed by atoms with E-state index >= 15 is 0 Å². The van der Waals surface area contributed by atoms with E-state index in [-0.39, 0.29) is 11.2 Å². The van der Waals surface area contributed by atoms with Gasteiger partial charge < -0.3 is 9.64 Å². The van der Waals surface area contributed by atoms with Crippen molar-refractivity contribution >= 4 is 5.82 Å². The van der Waals surface area contributed by atoms with Crippen LogP contribution >= 0.6 is 0 Å². The van der Waals surface area contributed by atoms with Crippen molar-refractivity contribution in [3.63, 3.8) is 0 Å². The van der Waals surface area contributed by atoms with Crippen LogP contribution in [-0.4, -0.2) is 92.5 Å². The number of aromatic nitrogens is 5. The molecule has 3 saturated heterocycles. The average molecular weight is 631 g/mol. The van der Waals surface area contributed by atoms with Gasteiger partial charge in [0, 0.05) is 73.5 Å². The number of piperidine rings is 1. The maximum atomic E-state index is 14.5. The van der Waals surface area contributed by atoms with Crippen LogP contribution in [0.3, 0.4) is 0 Å². The first kappa shape index (κ1) is 30.1. The van der Waals surface area contributed by atoms with Gasteiger partial charge in [-0.25, -0.2) is 23.7 Å². The molecule has 5 fully saturated rings. The predicted octanol–water partition coefficient (Wildman–Crippen LogP) is 5.89. The Morgan fingerprint density at radius 2 is 1.85 bits per heavy atom. The Morgan fingerprint density at radius 3 is 2.63 bits per heavy atom. The number of nitrogens with zero attached hydrogens (tertiary/aromatic N) is 8. The molecule has 0 amide bonds. The Balaban J connectivity index is 0.947. The molecule has 3 aliphatic heterocycles. The molecule has 8 rings (SSSR count). The first-order valence-electron chi connectivity index (χ1n) is 17.2. The van der Waals surface area contributed by atoms with Crippen LogP contribution < -0.4 is 9.64 Å². The highest BCUT2D eigenvalue weighted by Crippen LogP contribution is 2.49. The highest BCUT2D eigenvalue weighted by Gasteiger charge is 2.53. The first-order chi connectivity index (χ1) is 22.4. The summed E-state index contributed by atoms with van der Waals surface area (Å²) in [6, 6.07) is 5.65. The lowest BCUT2D eigenvalue weighted by Gasteiger charge is -2.58. The molecule has 2 saturated carbocycles. The molecule has 0 unspecified atom stereocenters. The van der Waals surface area contributed by atoms with Crippen LogP contribution in [0.15, 0.2) is 37.1 Å². The fraction of sp³-hybridized carbons (Fsp3) is 0.629. The lowest BCUT2D eigenvalue weighted by Crippen LogP contribution is -2.65. The van der Waals surface area contributed by atoms with Crippen molar-refractivity contribution in [2.75, 3.05) is 44.2 Å². The number of anilines is 1. The summed E-state index contributed by atoms with van der Waals surface area (Å²) in [7, 11) is 0. The largest absolute Gasteiger partial charge is 0.434 e. The summed E-state index contributed by atoms with van der Waals surface area (Å²) < 4.78 is 35.0. The number of halogens is 2. The second-order valence-corrected chi connectivity index (χ2v) is 14.9. The number of ether oxygens (including phenoxy) is 1. The van der Waals surface area contributed by atoms with Crippen molar-refractivity contribution in [1.82, 2.24) is 34.9 Å². The third-order valence-electron chi connectivity index (χ3n) is 11.2.